The van der Waals surface area contributed by atoms with Crippen LogP contribution in [0.5, 0.6) is 0 Å². The number of amides is 4. The zero-order valence-electron chi connectivity index (χ0n) is 27.8. The van der Waals surface area contributed by atoms with Crippen LogP contribution >= 0.6 is 0 Å². The Morgan fingerprint density at radius 3 is 2.44 bits per heavy atom. The number of β-amino-alcohol motifs (C(OH)–C–C–N with tert-alkyl or cyclic N) is 1. The Morgan fingerprint density at radius 1 is 0.979 bits per heavy atom. The van der Waals surface area contributed by atoms with Gasteiger partial charge in [-0.05, 0) is 78.3 Å². The number of aryl methyl sites for hydroxylation is 1. The fraction of sp³-hybridized carbons (Fsp3) is 0.342. The molecule has 48 heavy (non-hydrogen) atoms. The molecule has 0 fully saturated rings. The molecule has 0 aromatic heterocycles. The van der Waals surface area contributed by atoms with Crippen molar-refractivity contribution in [2.75, 3.05) is 24.6 Å². The van der Waals surface area contributed by atoms with E-state index in [0.717, 1.165) is 44.3 Å². The minimum absolute atomic E-state index is 0.109. The van der Waals surface area contributed by atoms with E-state index in [-0.39, 0.29) is 25.0 Å². The van der Waals surface area contributed by atoms with Crippen molar-refractivity contribution in [3.8, 4) is 11.1 Å². The number of carbonyl (C=O) groups excluding carboxylic acids is 3. The number of fused-ring (bicyclic) bond motifs is 3. The van der Waals surface area contributed by atoms with Crippen molar-refractivity contribution in [3.63, 3.8) is 0 Å². The maximum Gasteiger partial charge on any atom is 0.315 e. The van der Waals surface area contributed by atoms with Crippen molar-refractivity contribution in [1.82, 2.24) is 21.3 Å². The lowest BCUT2D eigenvalue weighted by Crippen LogP contribution is -2.62. The normalized spacial score (nSPS) is 16.4. The summed E-state index contributed by atoms with van der Waals surface area (Å²) >= 11 is 0. The molecular weight excluding hydrogens is 606 g/mol. The van der Waals surface area contributed by atoms with Crippen molar-refractivity contribution in [3.05, 3.63) is 102 Å². The molecule has 0 saturated carbocycles. The van der Waals surface area contributed by atoms with Crippen LogP contribution in [0.4, 0.5) is 10.5 Å². The molecule has 1 aliphatic heterocycles. The number of benzene rings is 4. The fourth-order valence-corrected chi connectivity index (χ4v) is 6.08. The first-order valence-corrected chi connectivity index (χ1v) is 16.5. The van der Waals surface area contributed by atoms with Gasteiger partial charge in [-0.1, -0.05) is 78.9 Å². The summed E-state index contributed by atoms with van der Waals surface area (Å²) in [5.41, 5.74) is 4.35. The van der Waals surface area contributed by atoms with Crippen molar-refractivity contribution in [2.24, 2.45) is 0 Å². The van der Waals surface area contributed by atoms with E-state index in [1.165, 1.54) is 0 Å². The summed E-state index contributed by atoms with van der Waals surface area (Å²) in [6, 6.07) is 27.0. The molecule has 6 N–H and O–H groups in total. The molecule has 10 heteroatoms. The van der Waals surface area contributed by atoms with Crippen LogP contribution in [0, 0.1) is 0 Å². The van der Waals surface area contributed by atoms with Crippen molar-refractivity contribution < 1.29 is 24.6 Å². The molecule has 0 radical (unpaired) electrons. The lowest BCUT2D eigenvalue weighted by atomic mass is 9.97. The van der Waals surface area contributed by atoms with Gasteiger partial charge in [-0.2, -0.15) is 0 Å². The monoisotopic (exact) mass is 651 g/mol. The molecule has 1 aliphatic rings. The number of nitrogens with zero attached hydrogens (tertiary/aromatic N) is 1. The van der Waals surface area contributed by atoms with Crippen molar-refractivity contribution in [1.29, 1.82) is 0 Å². The van der Waals surface area contributed by atoms with Gasteiger partial charge in [0.15, 0.2) is 0 Å². The Kier molecular flexibility index (Phi) is 11.1. The second-order valence-electron chi connectivity index (χ2n) is 12.6. The highest BCUT2D eigenvalue weighted by atomic mass is 16.3. The first-order valence-electron chi connectivity index (χ1n) is 16.5. The summed E-state index contributed by atoms with van der Waals surface area (Å²) in [6.45, 7) is 5.84. The quantitative estimate of drug-likeness (QED) is 0.137. The van der Waals surface area contributed by atoms with Crippen LogP contribution in [0.2, 0.25) is 0 Å². The predicted octanol–water partition coefficient (Wildman–Crippen LogP) is 4.01. The summed E-state index contributed by atoms with van der Waals surface area (Å²) in [4.78, 5) is 41.6. The first kappa shape index (κ1) is 34.6. The van der Waals surface area contributed by atoms with Gasteiger partial charge in [0.05, 0.1) is 19.3 Å². The Balaban J connectivity index is 1.43. The summed E-state index contributed by atoms with van der Waals surface area (Å²) in [5.74, 6) is -0.747. The summed E-state index contributed by atoms with van der Waals surface area (Å²) < 4.78 is 0. The fourth-order valence-electron chi connectivity index (χ4n) is 6.08. The molecule has 0 bridgehead atoms. The van der Waals surface area contributed by atoms with E-state index in [1.54, 1.807) is 18.7 Å². The second kappa shape index (κ2) is 15.4. The molecule has 4 amide bonds. The molecule has 252 valence electrons. The SMILES string of the molecule is CCNC(=O)NCc1ccccc1-c1ccc(CN2C(=O)[C@H](NC(=O)[C@](C)(CO)NC[C@H](C)O)CCc3c2ccc2ccccc32)cc1. The lowest BCUT2D eigenvalue weighted by molar-refractivity contribution is -0.133. The summed E-state index contributed by atoms with van der Waals surface area (Å²) in [7, 11) is 0. The molecular formula is C38H45N5O5. The zero-order valence-corrected chi connectivity index (χ0v) is 27.8. The Morgan fingerprint density at radius 2 is 1.71 bits per heavy atom. The Labute approximate surface area is 281 Å². The van der Waals surface area contributed by atoms with Crippen LogP contribution in [0.15, 0.2) is 84.9 Å². The molecule has 0 spiro atoms. The largest absolute Gasteiger partial charge is 0.394 e. The van der Waals surface area contributed by atoms with Gasteiger partial charge in [0.1, 0.15) is 11.6 Å². The number of carbonyl (C=O) groups is 3. The molecule has 0 saturated heterocycles. The van der Waals surface area contributed by atoms with E-state index in [0.29, 0.717) is 25.9 Å². The predicted molar refractivity (Wildman–Crippen MR) is 188 cm³/mol. The topological polar surface area (TPSA) is 143 Å². The van der Waals surface area contributed by atoms with E-state index in [9.17, 15) is 24.6 Å². The lowest BCUT2D eigenvalue weighted by Gasteiger charge is -2.31. The Bertz CT molecular complexity index is 1760. The Hall–Kier alpha value is -4.77. The smallest absolute Gasteiger partial charge is 0.315 e. The molecule has 5 rings (SSSR count). The van der Waals surface area contributed by atoms with Gasteiger partial charge in [0.2, 0.25) is 11.8 Å². The number of hydrogen-bond acceptors (Lipinski definition) is 6. The van der Waals surface area contributed by atoms with Gasteiger partial charge in [0.25, 0.3) is 0 Å². The molecule has 3 atom stereocenters. The van der Waals surface area contributed by atoms with Gasteiger partial charge in [-0.25, -0.2) is 4.79 Å². The highest BCUT2D eigenvalue weighted by Gasteiger charge is 2.38. The van der Waals surface area contributed by atoms with Gasteiger partial charge in [-0.3, -0.25) is 14.9 Å². The third-order valence-electron chi connectivity index (χ3n) is 8.86. The van der Waals surface area contributed by atoms with Crippen LogP contribution in [0.25, 0.3) is 21.9 Å². The standard InChI is InChI=1S/C38H45N5O5/c1-4-39-37(48)40-22-29-10-6-7-11-30(29)28-15-13-26(14-16-28)23-43-34-20-17-27-9-5-8-12-31(27)32(34)18-19-33(35(43)46)42-36(47)38(3,24-44)41-21-25(2)45/h5-17,20,25,33,41,44-45H,4,18-19,21-24H2,1-3H3,(H,42,47)(H2,39,40,48)/t25-,33+,38-/m0/s1. The number of aliphatic hydroxyl groups excluding tert-OH is 2. The van der Waals surface area contributed by atoms with Gasteiger partial charge >= 0.3 is 6.03 Å². The molecule has 4 aromatic rings. The van der Waals surface area contributed by atoms with E-state index < -0.39 is 30.2 Å². The van der Waals surface area contributed by atoms with Crippen LogP contribution in [-0.4, -0.2) is 65.4 Å². The van der Waals surface area contributed by atoms with E-state index in [2.05, 4.69) is 33.4 Å². The maximum absolute atomic E-state index is 14.3. The van der Waals surface area contributed by atoms with E-state index in [4.69, 9.17) is 0 Å². The maximum atomic E-state index is 14.3. The molecule has 0 aliphatic carbocycles. The van der Waals surface area contributed by atoms with Crippen LogP contribution in [0.1, 0.15) is 43.9 Å². The third kappa shape index (κ3) is 7.84. The second-order valence-corrected chi connectivity index (χ2v) is 12.6. The highest BCUT2D eigenvalue weighted by Crippen LogP contribution is 2.35. The average molecular weight is 652 g/mol. The number of nitrogens with one attached hydrogen (secondary N) is 4. The van der Waals surface area contributed by atoms with Crippen LogP contribution in [-0.2, 0) is 29.1 Å². The minimum atomic E-state index is -1.38. The van der Waals surface area contributed by atoms with Crippen LogP contribution < -0.4 is 26.2 Å². The van der Waals surface area contributed by atoms with Crippen molar-refractivity contribution >= 4 is 34.3 Å². The number of anilines is 1. The number of rotatable bonds is 12. The van der Waals surface area contributed by atoms with Gasteiger partial charge in [0, 0.05) is 25.3 Å². The van der Waals surface area contributed by atoms with E-state index >= 15 is 0 Å². The first-order chi connectivity index (χ1) is 23.1. The third-order valence-corrected chi connectivity index (χ3v) is 8.86. The molecule has 4 aromatic carbocycles. The summed E-state index contributed by atoms with van der Waals surface area (Å²) in [6.07, 6.45) is 0.242. The zero-order chi connectivity index (χ0) is 34.3. The van der Waals surface area contributed by atoms with Crippen molar-refractivity contribution in [2.45, 2.75) is 64.4 Å². The van der Waals surface area contributed by atoms with Crippen LogP contribution in [0.3, 0.4) is 0 Å². The number of hydrogen-bond donors (Lipinski definition) is 6. The number of aliphatic hydroxyl groups is 2. The minimum Gasteiger partial charge on any atom is -0.394 e. The van der Waals surface area contributed by atoms with Gasteiger partial charge in [-0.15, -0.1) is 0 Å². The number of urea groups is 1. The van der Waals surface area contributed by atoms with Gasteiger partial charge < -0.3 is 31.1 Å². The summed E-state index contributed by atoms with van der Waals surface area (Å²) in [5, 5.41) is 33.5. The highest BCUT2D eigenvalue weighted by molar-refractivity contribution is 6.04. The molecule has 10 nitrogen and oxygen atoms in total. The van der Waals surface area contributed by atoms with E-state index in [1.807, 2.05) is 79.7 Å². The molecule has 1 heterocycles. The molecule has 0 unspecified atom stereocenters. The average Bonchev–Trinajstić information content (AvgIpc) is 3.22.